The summed E-state index contributed by atoms with van der Waals surface area (Å²) in [4.78, 5) is 4.37. The van der Waals surface area contributed by atoms with E-state index in [1.807, 2.05) is 9.58 Å². The van der Waals surface area contributed by atoms with Crippen molar-refractivity contribution >= 4 is 5.69 Å². The zero-order valence-electron chi connectivity index (χ0n) is 17.8. The van der Waals surface area contributed by atoms with Crippen molar-refractivity contribution in [1.82, 2.24) is 25.1 Å². The number of rotatable bonds is 7. The number of anilines is 1. The molecule has 0 saturated carbocycles. The van der Waals surface area contributed by atoms with E-state index in [0.717, 1.165) is 57.3 Å². The van der Waals surface area contributed by atoms with Gasteiger partial charge in [-0.3, -0.25) is 4.90 Å². The van der Waals surface area contributed by atoms with E-state index in [-0.39, 0.29) is 12.1 Å². The molecule has 0 radical (unpaired) electrons. The first-order valence-electron chi connectivity index (χ1n) is 11.0. The molecular weight excluding hydrogens is 409 g/mol. The molecule has 0 aliphatic carbocycles. The molecule has 1 aromatic carbocycles. The molecule has 10 heteroatoms. The lowest BCUT2D eigenvalue weighted by atomic mass is 10.1. The van der Waals surface area contributed by atoms with Gasteiger partial charge in [0.2, 0.25) is 0 Å². The van der Waals surface area contributed by atoms with Gasteiger partial charge in [-0.25, -0.2) is 4.68 Å². The molecule has 2 aliphatic rings. The highest BCUT2D eigenvalue weighted by atomic mass is 19.4. The molecule has 2 aromatic rings. The van der Waals surface area contributed by atoms with Crippen LogP contribution in [0.3, 0.4) is 0 Å². The highest BCUT2D eigenvalue weighted by molar-refractivity contribution is 5.49. The standard InChI is InChI=1S/C21H29F3N6O/c1-2-5-19(20-25-26-27-30(20)15-18-8-4-13-31-18)29-11-9-28(10-12-29)17-7-3-6-16(14-17)21(22,23)24/h3,6-7,14,18-19H,2,4-5,8-13,15H2,1H3/t18-,19-/m1/s1. The third-order valence-corrected chi connectivity index (χ3v) is 6.11. The molecular formula is C21H29F3N6O. The highest BCUT2D eigenvalue weighted by Crippen LogP contribution is 2.33. The van der Waals surface area contributed by atoms with Crippen LogP contribution >= 0.6 is 0 Å². The number of piperazine rings is 1. The maximum absolute atomic E-state index is 13.1. The number of alkyl halides is 3. The van der Waals surface area contributed by atoms with Crippen LogP contribution < -0.4 is 4.90 Å². The molecule has 7 nitrogen and oxygen atoms in total. The SMILES string of the molecule is CCC[C@H](c1nnnn1C[C@H]1CCCO1)N1CCN(c2cccc(C(F)(F)F)c2)CC1. The molecule has 2 fully saturated rings. The lowest BCUT2D eigenvalue weighted by Crippen LogP contribution is -2.48. The smallest absolute Gasteiger partial charge is 0.376 e. The van der Waals surface area contributed by atoms with E-state index >= 15 is 0 Å². The number of hydrogen-bond acceptors (Lipinski definition) is 6. The molecule has 0 amide bonds. The number of nitrogens with zero attached hydrogens (tertiary/aromatic N) is 6. The minimum absolute atomic E-state index is 0.0880. The van der Waals surface area contributed by atoms with Gasteiger partial charge in [0.1, 0.15) is 0 Å². The number of hydrogen-bond donors (Lipinski definition) is 0. The Morgan fingerprint density at radius 2 is 2.00 bits per heavy atom. The lowest BCUT2D eigenvalue weighted by molar-refractivity contribution is -0.137. The number of tetrazole rings is 1. The van der Waals surface area contributed by atoms with E-state index in [9.17, 15) is 13.2 Å². The minimum atomic E-state index is -4.33. The Balaban J connectivity index is 1.43. The van der Waals surface area contributed by atoms with Crippen molar-refractivity contribution in [2.45, 2.75) is 57.5 Å². The van der Waals surface area contributed by atoms with Gasteiger partial charge < -0.3 is 9.64 Å². The van der Waals surface area contributed by atoms with Gasteiger partial charge in [0, 0.05) is 38.5 Å². The molecule has 0 spiro atoms. The summed E-state index contributed by atoms with van der Waals surface area (Å²) in [6, 6.07) is 5.66. The maximum Gasteiger partial charge on any atom is 0.416 e. The summed E-state index contributed by atoms with van der Waals surface area (Å²) < 4.78 is 46.8. The van der Waals surface area contributed by atoms with E-state index in [1.165, 1.54) is 12.1 Å². The molecule has 2 aliphatic heterocycles. The van der Waals surface area contributed by atoms with Crippen LogP contribution in [-0.4, -0.2) is 64.0 Å². The van der Waals surface area contributed by atoms with Crippen molar-refractivity contribution in [2.75, 3.05) is 37.7 Å². The van der Waals surface area contributed by atoms with Gasteiger partial charge in [-0.2, -0.15) is 13.2 Å². The fourth-order valence-corrected chi connectivity index (χ4v) is 4.48. The third-order valence-electron chi connectivity index (χ3n) is 6.11. The summed E-state index contributed by atoms with van der Waals surface area (Å²) in [5, 5.41) is 12.5. The van der Waals surface area contributed by atoms with E-state index in [2.05, 4.69) is 27.3 Å². The van der Waals surface area contributed by atoms with Crippen LogP contribution in [0.15, 0.2) is 24.3 Å². The molecule has 3 heterocycles. The van der Waals surface area contributed by atoms with E-state index in [1.54, 1.807) is 6.07 Å². The van der Waals surface area contributed by atoms with Gasteiger partial charge in [0.25, 0.3) is 0 Å². The molecule has 2 atom stereocenters. The molecule has 0 bridgehead atoms. The second-order valence-electron chi connectivity index (χ2n) is 8.23. The molecule has 31 heavy (non-hydrogen) atoms. The fraction of sp³-hybridized carbons (Fsp3) is 0.667. The number of benzene rings is 1. The Morgan fingerprint density at radius 3 is 2.68 bits per heavy atom. The summed E-state index contributed by atoms with van der Waals surface area (Å²) in [6.45, 7) is 6.40. The van der Waals surface area contributed by atoms with Crippen molar-refractivity contribution in [3.8, 4) is 0 Å². The molecule has 4 rings (SSSR count). The number of ether oxygens (including phenoxy) is 1. The largest absolute Gasteiger partial charge is 0.416 e. The van der Waals surface area contributed by atoms with E-state index in [0.29, 0.717) is 25.3 Å². The monoisotopic (exact) mass is 438 g/mol. The summed E-state index contributed by atoms with van der Waals surface area (Å²) in [5.41, 5.74) is 0.00864. The zero-order chi connectivity index (χ0) is 21.8. The van der Waals surface area contributed by atoms with Crippen LogP contribution in [0, 0.1) is 0 Å². The first kappa shape index (κ1) is 22.0. The van der Waals surface area contributed by atoms with E-state index < -0.39 is 11.7 Å². The number of aromatic nitrogens is 4. The van der Waals surface area contributed by atoms with Crippen LogP contribution in [0.5, 0.6) is 0 Å². The Hall–Kier alpha value is -2.20. The van der Waals surface area contributed by atoms with Gasteiger partial charge in [-0.05, 0) is 47.9 Å². The number of halogens is 3. The van der Waals surface area contributed by atoms with Crippen LogP contribution in [0.25, 0.3) is 0 Å². The first-order valence-corrected chi connectivity index (χ1v) is 11.0. The van der Waals surface area contributed by atoms with Crippen LogP contribution in [0.2, 0.25) is 0 Å². The van der Waals surface area contributed by atoms with Gasteiger partial charge in [-0.15, -0.1) is 5.10 Å². The first-order chi connectivity index (χ1) is 15.0. The Kier molecular flexibility index (Phi) is 6.76. The van der Waals surface area contributed by atoms with Gasteiger partial charge >= 0.3 is 6.18 Å². The van der Waals surface area contributed by atoms with Crippen molar-refractivity contribution in [3.05, 3.63) is 35.7 Å². The summed E-state index contributed by atoms with van der Waals surface area (Å²) in [7, 11) is 0. The second kappa shape index (κ2) is 9.52. The topological polar surface area (TPSA) is 59.3 Å². The van der Waals surface area contributed by atoms with Crippen molar-refractivity contribution in [2.24, 2.45) is 0 Å². The predicted octanol–water partition coefficient (Wildman–Crippen LogP) is 3.53. The quantitative estimate of drug-likeness (QED) is 0.659. The normalized spacial score (nSPS) is 21.5. The predicted molar refractivity (Wildman–Crippen MR) is 110 cm³/mol. The van der Waals surface area contributed by atoms with E-state index in [4.69, 9.17) is 4.74 Å². The zero-order valence-corrected chi connectivity index (χ0v) is 17.8. The highest BCUT2D eigenvalue weighted by Gasteiger charge is 2.32. The average Bonchev–Trinajstić information content (AvgIpc) is 3.44. The van der Waals surface area contributed by atoms with Crippen LogP contribution in [-0.2, 0) is 17.5 Å². The second-order valence-corrected chi connectivity index (χ2v) is 8.23. The van der Waals surface area contributed by atoms with Crippen LogP contribution in [0.4, 0.5) is 18.9 Å². The molecule has 170 valence electrons. The van der Waals surface area contributed by atoms with Crippen molar-refractivity contribution < 1.29 is 17.9 Å². The van der Waals surface area contributed by atoms with Crippen molar-refractivity contribution in [3.63, 3.8) is 0 Å². The average molecular weight is 438 g/mol. The summed E-state index contributed by atoms with van der Waals surface area (Å²) in [5.74, 6) is 0.852. The third kappa shape index (κ3) is 5.17. The molecule has 0 unspecified atom stereocenters. The van der Waals surface area contributed by atoms with Crippen LogP contribution in [0.1, 0.15) is 50.0 Å². The summed E-state index contributed by atoms with van der Waals surface area (Å²) in [6.07, 6.45) is -0.168. The fourth-order valence-electron chi connectivity index (χ4n) is 4.48. The Bertz CT molecular complexity index is 844. The van der Waals surface area contributed by atoms with Gasteiger partial charge in [-0.1, -0.05) is 19.4 Å². The van der Waals surface area contributed by atoms with Crippen molar-refractivity contribution in [1.29, 1.82) is 0 Å². The van der Waals surface area contributed by atoms with Gasteiger partial charge in [0.15, 0.2) is 5.82 Å². The molecule has 2 saturated heterocycles. The summed E-state index contributed by atoms with van der Waals surface area (Å²) >= 11 is 0. The molecule has 0 N–H and O–H groups in total. The molecule has 1 aromatic heterocycles. The lowest BCUT2D eigenvalue weighted by Gasteiger charge is -2.40. The van der Waals surface area contributed by atoms with Gasteiger partial charge in [0.05, 0.1) is 24.3 Å². The Morgan fingerprint density at radius 1 is 1.19 bits per heavy atom. The maximum atomic E-state index is 13.1. The minimum Gasteiger partial charge on any atom is -0.376 e. The Labute approximate surface area is 180 Å².